The number of nitrogens with one attached hydrogen (secondary N) is 1. The molecule has 2 nitrogen and oxygen atoms in total. The van der Waals surface area contributed by atoms with Crippen molar-refractivity contribution in [2.45, 2.75) is 45.6 Å². The highest BCUT2D eigenvalue weighted by Gasteiger charge is 2.04. The second-order valence-electron chi connectivity index (χ2n) is 3.51. The summed E-state index contributed by atoms with van der Waals surface area (Å²) < 4.78 is 5.31. The second kappa shape index (κ2) is 10.7. The zero-order valence-electron chi connectivity index (χ0n) is 9.72. The molecule has 1 unspecified atom stereocenters. The molecular weight excluding hydrogens is 174 g/mol. The fraction of sp³-hybridized carbons (Fsp3) is 0.833. The molecule has 2 heteroatoms. The standard InChI is InChI=1S/C12H25NO/c1-4-8-12(13-10-5-2)9-7-11-14-6-3/h4,12-13H,1,5-11H2,2-3H3. The van der Waals surface area contributed by atoms with Crippen molar-refractivity contribution in [3.05, 3.63) is 12.7 Å². The predicted molar refractivity (Wildman–Crippen MR) is 62.6 cm³/mol. The van der Waals surface area contributed by atoms with Crippen LogP contribution < -0.4 is 5.32 Å². The summed E-state index contributed by atoms with van der Waals surface area (Å²) in [5.41, 5.74) is 0. The van der Waals surface area contributed by atoms with Gasteiger partial charge in [0.2, 0.25) is 0 Å². The zero-order chi connectivity index (χ0) is 10.6. The minimum atomic E-state index is 0.591. The number of rotatable bonds is 10. The van der Waals surface area contributed by atoms with Gasteiger partial charge in [0.1, 0.15) is 0 Å². The quantitative estimate of drug-likeness (QED) is 0.431. The van der Waals surface area contributed by atoms with Gasteiger partial charge >= 0.3 is 0 Å². The Morgan fingerprint density at radius 3 is 2.79 bits per heavy atom. The van der Waals surface area contributed by atoms with Gasteiger partial charge < -0.3 is 10.1 Å². The molecule has 0 rings (SSSR count). The lowest BCUT2D eigenvalue weighted by Gasteiger charge is -2.16. The van der Waals surface area contributed by atoms with E-state index >= 15 is 0 Å². The monoisotopic (exact) mass is 199 g/mol. The Balaban J connectivity index is 3.45. The Morgan fingerprint density at radius 1 is 1.43 bits per heavy atom. The maximum Gasteiger partial charge on any atom is 0.0466 e. The van der Waals surface area contributed by atoms with Crippen LogP contribution in [0.4, 0.5) is 0 Å². The van der Waals surface area contributed by atoms with Gasteiger partial charge in [-0.1, -0.05) is 13.0 Å². The van der Waals surface area contributed by atoms with E-state index in [1.807, 2.05) is 13.0 Å². The molecule has 0 saturated carbocycles. The summed E-state index contributed by atoms with van der Waals surface area (Å²) in [6, 6.07) is 0.591. The van der Waals surface area contributed by atoms with Crippen LogP contribution in [0.5, 0.6) is 0 Å². The van der Waals surface area contributed by atoms with Crippen molar-refractivity contribution < 1.29 is 4.74 Å². The van der Waals surface area contributed by atoms with E-state index in [0.717, 1.165) is 32.6 Å². The van der Waals surface area contributed by atoms with Crippen molar-refractivity contribution in [3.63, 3.8) is 0 Å². The smallest absolute Gasteiger partial charge is 0.0466 e. The summed E-state index contributed by atoms with van der Waals surface area (Å²) in [4.78, 5) is 0. The Hall–Kier alpha value is -0.340. The van der Waals surface area contributed by atoms with Gasteiger partial charge in [-0.15, -0.1) is 6.58 Å². The van der Waals surface area contributed by atoms with Gasteiger partial charge in [-0.25, -0.2) is 0 Å². The molecule has 0 aromatic heterocycles. The number of ether oxygens (including phenoxy) is 1. The average molecular weight is 199 g/mol. The third-order valence-electron chi connectivity index (χ3n) is 2.18. The van der Waals surface area contributed by atoms with E-state index in [-0.39, 0.29) is 0 Å². The van der Waals surface area contributed by atoms with E-state index in [1.165, 1.54) is 12.8 Å². The molecule has 0 radical (unpaired) electrons. The maximum absolute atomic E-state index is 5.31. The SMILES string of the molecule is C=CCC(CCCOCC)NCCC. The van der Waals surface area contributed by atoms with E-state index in [0.29, 0.717) is 6.04 Å². The molecule has 0 spiro atoms. The van der Waals surface area contributed by atoms with Crippen LogP contribution in [0.1, 0.15) is 39.5 Å². The minimum absolute atomic E-state index is 0.591. The van der Waals surface area contributed by atoms with Gasteiger partial charge in [-0.2, -0.15) is 0 Å². The van der Waals surface area contributed by atoms with Crippen LogP contribution in [-0.2, 0) is 4.74 Å². The van der Waals surface area contributed by atoms with E-state index in [2.05, 4.69) is 18.8 Å². The molecule has 0 bridgehead atoms. The van der Waals surface area contributed by atoms with Gasteiger partial charge in [-0.3, -0.25) is 0 Å². The van der Waals surface area contributed by atoms with Crippen molar-refractivity contribution in [3.8, 4) is 0 Å². The first-order valence-corrected chi connectivity index (χ1v) is 5.77. The Bertz CT molecular complexity index is 125. The maximum atomic E-state index is 5.31. The van der Waals surface area contributed by atoms with E-state index in [4.69, 9.17) is 4.74 Å². The van der Waals surface area contributed by atoms with Crippen LogP contribution in [0, 0.1) is 0 Å². The molecule has 0 aliphatic heterocycles. The summed E-state index contributed by atoms with van der Waals surface area (Å²) in [5, 5.41) is 3.52. The molecule has 0 aliphatic carbocycles. The molecule has 0 aromatic carbocycles. The highest BCUT2D eigenvalue weighted by atomic mass is 16.5. The van der Waals surface area contributed by atoms with Crippen molar-refractivity contribution in [1.29, 1.82) is 0 Å². The van der Waals surface area contributed by atoms with Crippen LogP contribution in [-0.4, -0.2) is 25.8 Å². The first kappa shape index (κ1) is 13.7. The molecule has 14 heavy (non-hydrogen) atoms. The summed E-state index contributed by atoms with van der Waals surface area (Å²) in [5.74, 6) is 0. The van der Waals surface area contributed by atoms with Gasteiger partial charge in [-0.05, 0) is 39.2 Å². The van der Waals surface area contributed by atoms with Crippen LogP contribution in [0.15, 0.2) is 12.7 Å². The Kier molecular flexibility index (Phi) is 10.5. The number of hydrogen-bond acceptors (Lipinski definition) is 2. The molecule has 84 valence electrons. The van der Waals surface area contributed by atoms with Crippen LogP contribution in [0.2, 0.25) is 0 Å². The highest BCUT2D eigenvalue weighted by Crippen LogP contribution is 2.03. The predicted octanol–water partition coefficient (Wildman–Crippen LogP) is 2.75. The van der Waals surface area contributed by atoms with Crippen LogP contribution >= 0.6 is 0 Å². The summed E-state index contributed by atoms with van der Waals surface area (Å²) in [7, 11) is 0. The molecule has 0 aromatic rings. The summed E-state index contributed by atoms with van der Waals surface area (Å²) in [6.45, 7) is 10.8. The van der Waals surface area contributed by atoms with Gasteiger partial charge in [0.25, 0.3) is 0 Å². The van der Waals surface area contributed by atoms with Crippen molar-refractivity contribution >= 4 is 0 Å². The van der Waals surface area contributed by atoms with Crippen molar-refractivity contribution in [1.82, 2.24) is 5.32 Å². The topological polar surface area (TPSA) is 21.3 Å². The first-order valence-electron chi connectivity index (χ1n) is 5.77. The molecule has 0 heterocycles. The average Bonchev–Trinajstić information content (AvgIpc) is 2.20. The summed E-state index contributed by atoms with van der Waals surface area (Å²) >= 11 is 0. The first-order chi connectivity index (χ1) is 6.85. The van der Waals surface area contributed by atoms with Gasteiger partial charge in [0.05, 0.1) is 0 Å². The fourth-order valence-electron chi connectivity index (χ4n) is 1.43. The second-order valence-corrected chi connectivity index (χ2v) is 3.51. The highest BCUT2D eigenvalue weighted by molar-refractivity contribution is 4.77. The fourth-order valence-corrected chi connectivity index (χ4v) is 1.43. The molecular formula is C12H25NO. The molecule has 0 saturated heterocycles. The molecule has 0 fully saturated rings. The van der Waals surface area contributed by atoms with Crippen LogP contribution in [0.25, 0.3) is 0 Å². The third kappa shape index (κ3) is 8.27. The van der Waals surface area contributed by atoms with Gasteiger partial charge in [0.15, 0.2) is 0 Å². The Labute approximate surface area is 88.7 Å². The molecule has 0 aliphatic rings. The molecule has 0 amide bonds. The zero-order valence-corrected chi connectivity index (χ0v) is 9.72. The largest absolute Gasteiger partial charge is 0.382 e. The molecule has 1 N–H and O–H groups in total. The van der Waals surface area contributed by atoms with E-state index < -0.39 is 0 Å². The molecule has 1 atom stereocenters. The lowest BCUT2D eigenvalue weighted by atomic mass is 10.1. The van der Waals surface area contributed by atoms with Crippen molar-refractivity contribution in [2.24, 2.45) is 0 Å². The lowest BCUT2D eigenvalue weighted by molar-refractivity contribution is 0.141. The normalized spacial score (nSPS) is 12.7. The van der Waals surface area contributed by atoms with Crippen LogP contribution in [0.3, 0.4) is 0 Å². The van der Waals surface area contributed by atoms with E-state index in [9.17, 15) is 0 Å². The minimum Gasteiger partial charge on any atom is -0.382 e. The van der Waals surface area contributed by atoms with E-state index in [1.54, 1.807) is 0 Å². The van der Waals surface area contributed by atoms with Gasteiger partial charge in [0, 0.05) is 19.3 Å². The number of hydrogen-bond donors (Lipinski definition) is 1. The lowest BCUT2D eigenvalue weighted by Crippen LogP contribution is -2.29. The summed E-state index contributed by atoms with van der Waals surface area (Å²) in [6.07, 6.45) is 6.58. The third-order valence-corrected chi connectivity index (χ3v) is 2.18. The Morgan fingerprint density at radius 2 is 2.21 bits per heavy atom. The van der Waals surface area contributed by atoms with Crippen molar-refractivity contribution in [2.75, 3.05) is 19.8 Å².